The Labute approximate surface area is 163 Å². The fourth-order valence-electron chi connectivity index (χ4n) is 2.85. The highest BCUT2D eigenvalue weighted by atomic mass is 32.2. The normalized spacial score (nSPS) is 11.3. The molecule has 0 N–H and O–H groups in total. The summed E-state index contributed by atoms with van der Waals surface area (Å²) in [5.41, 5.74) is 2.04. The van der Waals surface area contributed by atoms with Crippen molar-refractivity contribution in [2.45, 2.75) is 10.9 Å². The molecule has 5 nitrogen and oxygen atoms in total. The molecule has 0 bridgehead atoms. The van der Waals surface area contributed by atoms with Gasteiger partial charge < -0.3 is 4.42 Å². The maximum Gasteiger partial charge on any atom is 0.205 e. The molecule has 0 radical (unpaired) electrons. The standard InChI is InChI=1S/C20H14N4OS2/c1-2-7-14(8-3-1)24-19(16-10-6-12-25-16)22-23-20(24)26-13-18-21-15-9-4-5-11-17(15)27-18/h1-12H,13H2. The van der Waals surface area contributed by atoms with E-state index in [9.17, 15) is 0 Å². The minimum atomic E-state index is 0.693. The summed E-state index contributed by atoms with van der Waals surface area (Å²) in [5.74, 6) is 2.12. The molecule has 0 saturated carbocycles. The predicted molar refractivity (Wildman–Crippen MR) is 108 cm³/mol. The monoisotopic (exact) mass is 390 g/mol. The van der Waals surface area contributed by atoms with Crippen LogP contribution in [0, 0.1) is 0 Å². The van der Waals surface area contributed by atoms with Crippen molar-refractivity contribution in [1.82, 2.24) is 19.7 Å². The summed E-state index contributed by atoms with van der Waals surface area (Å²) in [5, 5.41) is 10.7. The fraction of sp³-hybridized carbons (Fsp3) is 0.0500. The number of para-hydroxylation sites is 2. The molecular formula is C20H14N4OS2. The van der Waals surface area contributed by atoms with Gasteiger partial charge >= 0.3 is 0 Å². The molecular weight excluding hydrogens is 376 g/mol. The molecule has 7 heteroatoms. The van der Waals surface area contributed by atoms with Gasteiger partial charge in [0.1, 0.15) is 5.01 Å². The second-order valence-electron chi connectivity index (χ2n) is 5.82. The molecule has 0 spiro atoms. The predicted octanol–water partition coefficient (Wildman–Crippen LogP) is 5.43. The zero-order valence-corrected chi connectivity index (χ0v) is 15.8. The average molecular weight is 390 g/mol. The van der Waals surface area contributed by atoms with Crippen LogP contribution in [0.1, 0.15) is 5.01 Å². The van der Waals surface area contributed by atoms with Crippen molar-refractivity contribution in [3.8, 4) is 17.3 Å². The van der Waals surface area contributed by atoms with Crippen molar-refractivity contribution in [3.63, 3.8) is 0 Å². The van der Waals surface area contributed by atoms with E-state index in [1.54, 1.807) is 29.4 Å². The van der Waals surface area contributed by atoms with Crippen LogP contribution in [0.4, 0.5) is 0 Å². The molecule has 0 fully saturated rings. The van der Waals surface area contributed by atoms with E-state index in [4.69, 9.17) is 9.40 Å². The van der Waals surface area contributed by atoms with Crippen LogP contribution < -0.4 is 0 Å². The first-order valence-electron chi connectivity index (χ1n) is 8.40. The number of fused-ring (bicyclic) bond motifs is 1. The van der Waals surface area contributed by atoms with Crippen LogP contribution >= 0.6 is 23.1 Å². The lowest BCUT2D eigenvalue weighted by molar-refractivity contribution is 0.575. The van der Waals surface area contributed by atoms with Gasteiger partial charge in [0, 0.05) is 5.69 Å². The third-order valence-corrected chi connectivity index (χ3v) is 6.21. The number of furan rings is 1. The summed E-state index contributed by atoms with van der Waals surface area (Å²) in [6.45, 7) is 0. The Morgan fingerprint density at radius 3 is 2.59 bits per heavy atom. The number of thioether (sulfide) groups is 1. The van der Waals surface area contributed by atoms with E-state index < -0.39 is 0 Å². The highest BCUT2D eigenvalue weighted by Crippen LogP contribution is 2.31. The summed E-state index contributed by atoms with van der Waals surface area (Å²) in [6, 6.07) is 22.0. The molecule has 3 heterocycles. The molecule has 132 valence electrons. The Hall–Kier alpha value is -2.90. The number of hydrogen-bond acceptors (Lipinski definition) is 6. The van der Waals surface area contributed by atoms with E-state index in [0.29, 0.717) is 11.6 Å². The summed E-state index contributed by atoms with van der Waals surface area (Å²) >= 11 is 3.34. The number of nitrogens with zero attached hydrogens (tertiary/aromatic N) is 4. The zero-order valence-electron chi connectivity index (χ0n) is 14.1. The molecule has 0 aliphatic heterocycles. The summed E-state index contributed by atoms with van der Waals surface area (Å²) in [6.07, 6.45) is 1.65. The number of thiazole rings is 1. The van der Waals surface area contributed by atoms with Gasteiger partial charge in [-0.1, -0.05) is 42.1 Å². The van der Waals surface area contributed by atoms with Gasteiger partial charge in [-0.05, 0) is 36.4 Å². The summed E-state index contributed by atoms with van der Waals surface area (Å²) < 4.78 is 8.78. The Morgan fingerprint density at radius 1 is 0.926 bits per heavy atom. The third-order valence-electron chi connectivity index (χ3n) is 4.05. The Morgan fingerprint density at radius 2 is 1.78 bits per heavy atom. The van der Waals surface area contributed by atoms with E-state index in [1.807, 2.05) is 65.2 Å². The molecule has 2 aromatic carbocycles. The first kappa shape index (κ1) is 16.3. The van der Waals surface area contributed by atoms with Crippen molar-refractivity contribution in [1.29, 1.82) is 0 Å². The van der Waals surface area contributed by atoms with E-state index in [-0.39, 0.29) is 0 Å². The van der Waals surface area contributed by atoms with Crippen LogP contribution in [0.3, 0.4) is 0 Å². The molecule has 27 heavy (non-hydrogen) atoms. The quantitative estimate of drug-likeness (QED) is 0.375. The lowest BCUT2D eigenvalue weighted by Crippen LogP contribution is -1.99. The zero-order chi connectivity index (χ0) is 18.1. The van der Waals surface area contributed by atoms with Crippen molar-refractivity contribution in [2.75, 3.05) is 0 Å². The van der Waals surface area contributed by atoms with Crippen LogP contribution in [0.15, 0.2) is 82.6 Å². The Balaban J connectivity index is 1.50. The van der Waals surface area contributed by atoms with Crippen LogP contribution in [0.25, 0.3) is 27.5 Å². The Bertz CT molecular complexity index is 1150. The van der Waals surface area contributed by atoms with E-state index in [2.05, 4.69) is 16.3 Å². The molecule has 0 saturated heterocycles. The van der Waals surface area contributed by atoms with Crippen molar-refractivity contribution in [2.24, 2.45) is 0 Å². The lowest BCUT2D eigenvalue weighted by atomic mass is 10.3. The van der Waals surface area contributed by atoms with Gasteiger partial charge in [0.05, 0.1) is 22.2 Å². The number of aromatic nitrogens is 4. The summed E-state index contributed by atoms with van der Waals surface area (Å²) in [4.78, 5) is 4.71. The van der Waals surface area contributed by atoms with Crippen LogP contribution in [-0.4, -0.2) is 19.7 Å². The second-order valence-corrected chi connectivity index (χ2v) is 7.88. The van der Waals surface area contributed by atoms with Gasteiger partial charge in [-0.15, -0.1) is 21.5 Å². The van der Waals surface area contributed by atoms with Crippen LogP contribution in [0.2, 0.25) is 0 Å². The summed E-state index contributed by atoms with van der Waals surface area (Å²) in [7, 11) is 0. The molecule has 5 rings (SSSR count). The minimum Gasteiger partial charge on any atom is -0.461 e. The van der Waals surface area contributed by atoms with Crippen molar-refractivity contribution >= 4 is 33.3 Å². The average Bonchev–Trinajstić information content (AvgIpc) is 3.45. The first-order chi connectivity index (χ1) is 13.4. The van der Waals surface area contributed by atoms with E-state index in [1.165, 1.54) is 4.70 Å². The van der Waals surface area contributed by atoms with Crippen LogP contribution in [0.5, 0.6) is 0 Å². The number of rotatable bonds is 5. The van der Waals surface area contributed by atoms with E-state index in [0.717, 1.165) is 27.1 Å². The lowest BCUT2D eigenvalue weighted by Gasteiger charge is -2.08. The highest BCUT2D eigenvalue weighted by Gasteiger charge is 2.18. The van der Waals surface area contributed by atoms with Crippen molar-refractivity contribution in [3.05, 3.63) is 78.0 Å². The highest BCUT2D eigenvalue weighted by molar-refractivity contribution is 7.98. The van der Waals surface area contributed by atoms with Crippen molar-refractivity contribution < 1.29 is 4.42 Å². The maximum absolute atomic E-state index is 5.55. The molecule has 3 aromatic heterocycles. The van der Waals surface area contributed by atoms with Gasteiger partial charge in [0.25, 0.3) is 0 Å². The van der Waals surface area contributed by atoms with Gasteiger partial charge in [0.2, 0.25) is 5.82 Å². The molecule has 5 aromatic rings. The second kappa shape index (κ2) is 7.02. The molecule has 0 atom stereocenters. The molecule has 0 unspecified atom stereocenters. The van der Waals surface area contributed by atoms with Gasteiger partial charge in [-0.25, -0.2) is 4.98 Å². The smallest absolute Gasteiger partial charge is 0.205 e. The van der Waals surface area contributed by atoms with E-state index >= 15 is 0 Å². The minimum absolute atomic E-state index is 0.693. The molecule has 0 aliphatic carbocycles. The van der Waals surface area contributed by atoms with Crippen LogP contribution in [-0.2, 0) is 5.75 Å². The number of hydrogen-bond donors (Lipinski definition) is 0. The maximum atomic E-state index is 5.55. The SMILES string of the molecule is c1ccc(-n2c(SCc3nc4ccccc4s3)nnc2-c2ccco2)cc1. The van der Waals surface area contributed by atoms with Gasteiger partial charge in [-0.2, -0.15) is 0 Å². The fourth-order valence-corrected chi connectivity index (χ4v) is 4.76. The topological polar surface area (TPSA) is 56.7 Å². The third kappa shape index (κ3) is 3.15. The largest absolute Gasteiger partial charge is 0.461 e. The number of benzene rings is 2. The first-order valence-corrected chi connectivity index (χ1v) is 10.2. The van der Waals surface area contributed by atoms with Gasteiger partial charge in [0.15, 0.2) is 10.9 Å². The molecule has 0 amide bonds. The Kier molecular flexibility index (Phi) is 4.23. The molecule has 0 aliphatic rings. The van der Waals surface area contributed by atoms with Gasteiger partial charge in [-0.3, -0.25) is 4.57 Å².